The molecule has 5 nitrogen and oxygen atoms in total. The molecular formula is C19H24INO4. The highest BCUT2D eigenvalue weighted by molar-refractivity contribution is 14.2. The summed E-state index contributed by atoms with van der Waals surface area (Å²) in [6, 6.07) is 0. The smallest absolute Gasteiger partial charge is 0.410 e. The number of esters is 1. The molecule has 1 amide bonds. The lowest BCUT2D eigenvalue weighted by molar-refractivity contribution is -0.138. The van der Waals surface area contributed by atoms with Gasteiger partial charge in [0.1, 0.15) is 5.60 Å². The predicted molar refractivity (Wildman–Crippen MR) is 107 cm³/mol. The van der Waals surface area contributed by atoms with Crippen LogP contribution < -0.4 is 0 Å². The van der Waals surface area contributed by atoms with E-state index in [1.165, 1.54) is 0 Å². The third kappa shape index (κ3) is 5.68. The lowest BCUT2D eigenvalue weighted by Crippen LogP contribution is -2.41. The molecule has 0 unspecified atom stereocenters. The van der Waals surface area contributed by atoms with Gasteiger partial charge in [-0.3, -0.25) is 0 Å². The van der Waals surface area contributed by atoms with E-state index in [4.69, 9.17) is 9.47 Å². The molecule has 0 atom stereocenters. The van der Waals surface area contributed by atoms with Crippen molar-refractivity contribution in [1.29, 1.82) is 0 Å². The molecular weight excluding hydrogens is 433 g/mol. The molecule has 0 radical (unpaired) electrons. The molecule has 0 aliphatic carbocycles. The minimum absolute atomic E-state index is 0.296. The summed E-state index contributed by atoms with van der Waals surface area (Å²) in [6.07, 6.45) is 5.89. The number of nitrogens with zero attached hydrogens (tertiary/aromatic N) is 1. The van der Waals surface area contributed by atoms with Gasteiger partial charge < -0.3 is 14.4 Å². The number of halogens is 1. The van der Waals surface area contributed by atoms with Gasteiger partial charge in [0.05, 0.1) is 13.2 Å². The van der Waals surface area contributed by atoms with Crippen LogP contribution in [-0.4, -0.2) is 45.9 Å². The highest BCUT2D eigenvalue weighted by Gasteiger charge is 2.30. The zero-order valence-corrected chi connectivity index (χ0v) is 17.3. The standard InChI is InChI=1S/C19H24INO4/c1-5-24-17(22)15-9-11-21(18(23)25-19(2,3)4)13-16(15)14-8-6-7-10-20-12-14/h6-8,12H,5,9,11,13H2,1-4H3. The molecule has 0 bridgehead atoms. The first-order valence-corrected chi connectivity index (χ1v) is 10.6. The molecule has 0 N–H and O–H groups in total. The molecule has 0 fully saturated rings. The summed E-state index contributed by atoms with van der Waals surface area (Å²) in [4.78, 5) is 26.4. The molecule has 0 aromatic carbocycles. The Hall–Kier alpha value is -1.66. The fourth-order valence-electron chi connectivity index (χ4n) is 2.47. The first kappa shape index (κ1) is 19.7. The van der Waals surface area contributed by atoms with Gasteiger partial charge in [-0.2, -0.15) is 0 Å². The number of ether oxygens (including phenoxy) is 2. The highest BCUT2D eigenvalue weighted by atomic mass is 127. The molecule has 2 aliphatic heterocycles. The minimum Gasteiger partial charge on any atom is -0.463 e. The van der Waals surface area contributed by atoms with E-state index in [1.54, 1.807) is 11.8 Å². The maximum atomic E-state index is 12.4. The van der Waals surface area contributed by atoms with E-state index in [-0.39, 0.29) is 32.8 Å². The zero-order valence-electron chi connectivity index (χ0n) is 15.1. The zero-order chi connectivity index (χ0) is 18.4. The van der Waals surface area contributed by atoms with Gasteiger partial charge in [-0.05, 0) is 76.2 Å². The molecule has 2 rings (SSSR count). The summed E-state index contributed by atoms with van der Waals surface area (Å²) in [5, 5.41) is 0. The van der Waals surface area contributed by atoms with Crippen LogP contribution in [0.3, 0.4) is 0 Å². The van der Waals surface area contributed by atoms with Gasteiger partial charge in [-0.1, -0.05) is 15.8 Å². The molecule has 2 heterocycles. The fraction of sp³-hybridized carbons (Fsp3) is 0.474. The van der Waals surface area contributed by atoms with Crippen molar-refractivity contribution in [2.75, 3.05) is 19.7 Å². The molecule has 25 heavy (non-hydrogen) atoms. The van der Waals surface area contributed by atoms with Gasteiger partial charge >= 0.3 is 12.1 Å². The van der Waals surface area contributed by atoms with Crippen molar-refractivity contribution in [3.05, 3.63) is 39.0 Å². The van der Waals surface area contributed by atoms with Crippen molar-refractivity contribution in [1.82, 2.24) is 4.90 Å². The average molecular weight is 457 g/mol. The van der Waals surface area contributed by atoms with Gasteiger partial charge in [0.15, 0.2) is 0 Å². The number of carbonyl (C=O) groups excluding carboxylic acids is 2. The Morgan fingerprint density at radius 1 is 1.36 bits per heavy atom. The van der Waals surface area contributed by atoms with Crippen molar-refractivity contribution < 1.29 is 19.1 Å². The maximum Gasteiger partial charge on any atom is 0.410 e. The molecule has 0 aromatic heterocycles. The topological polar surface area (TPSA) is 55.8 Å². The molecule has 136 valence electrons. The summed E-state index contributed by atoms with van der Waals surface area (Å²) in [7, 11) is 0. The quantitative estimate of drug-likeness (QED) is 0.477. The van der Waals surface area contributed by atoms with E-state index in [1.807, 2.05) is 39.0 Å². The lowest BCUT2D eigenvalue weighted by Gasteiger charge is -2.32. The first-order chi connectivity index (χ1) is 11.8. The fourth-order valence-corrected chi connectivity index (χ4v) is 3.99. The number of allylic oxidation sites excluding steroid dienone is 3. The van der Waals surface area contributed by atoms with Crippen molar-refractivity contribution >= 4 is 36.5 Å². The summed E-state index contributed by atoms with van der Waals surface area (Å²) in [5.74, 6) is -0.296. The Bertz CT molecular complexity index is 703. The largest absolute Gasteiger partial charge is 0.463 e. The molecule has 6 heteroatoms. The van der Waals surface area contributed by atoms with Crippen LogP contribution in [0.1, 0.15) is 34.1 Å². The van der Waals surface area contributed by atoms with Gasteiger partial charge in [-0.25, -0.2) is 9.59 Å². The van der Waals surface area contributed by atoms with E-state index in [2.05, 4.69) is 7.75 Å². The molecule has 0 aromatic rings. The Balaban J connectivity index is 2.31. The average Bonchev–Trinajstić information content (AvgIpc) is 2.82. The van der Waals surface area contributed by atoms with Crippen LogP contribution in [0.4, 0.5) is 4.79 Å². The Labute approximate surface area is 158 Å². The van der Waals surface area contributed by atoms with Crippen LogP contribution in [0.15, 0.2) is 39.0 Å². The van der Waals surface area contributed by atoms with Crippen molar-refractivity contribution in [3.63, 3.8) is 0 Å². The van der Waals surface area contributed by atoms with Gasteiger partial charge in [0.2, 0.25) is 0 Å². The second-order valence-corrected chi connectivity index (χ2v) is 8.51. The van der Waals surface area contributed by atoms with E-state index in [0.29, 0.717) is 31.7 Å². The van der Waals surface area contributed by atoms with Crippen LogP contribution in [0, 0.1) is 0 Å². The third-order valence-corrected chi connectivity index (χ3v) is 5.24. The number of rotatable bonds is 3. The molecule has 0 saturated carbocycles. The van der Waals surface area contributed by atoms with Gasteiger partial charge in [0.25, 0.3) is 0 Å². The second kappa shape index (κ2) is 8.63. The van der Waals surface area contributed by atoms with E-state index >= 15 is 0 Å². The van der Waals surface area contributed by atoms with E-state index in [0.717, 1.165) is 11.1 Å². The summed E-state index contributed by atoms with van der Waals surface area (Å²) < 4.78 is 16.0. The minimum atomic E-state index is -0.547. The molecule has 2 aliphatic rings. The molecule has 0 saturated heterocycles. The lowest BCUT2D eigenvalue weighted by atomic mass is 9.94. The van der Waals surface area contributed by atoms with Crippen LogP contribution >= 0.6 is 20.7 Å². The summed E-state index contributed by atoms with van der Waals surface area (Å²) in [6.45, 7) is 8.46. The Morgan fingerprint density at radius 3 is 2.80 bits per heavy atom. The Kier molecular flexibility index (Phi) is 6.79. The Morgan fingerprint density at radius 2 is 2.12 bits per heavy atom. The number of carbonyl (C=O) groups is 2. The predicted octanol–water partition coefficient (Wildman–Crippen LogP) is 3.87. The highest BCUT2D eigenvalue weighted by Crippen LogP contribution is 2.29. The molecule has 0 spiro atoms. The number of hydrogen-bond acceptors (Lipinski definition) is 4. The van der Waals surface area contributed by atoms with Crippen molar-refractivity contribution in [3.8, 4) is 0 Å². The first-order valence-electron chi connectivity index (χ1n) is 8.27. The number of amides is 1. The SMILES string of the molecule is CCOC(=O)C1=C(C2=CI=C=CC=C2)CN(C(=O)OC(C)(C)C)CC1. The van der Waals surface area contributed by atoms with Crippen LogP contribution in [-0.2, 0) is 14.3 Å². The normalized spacial score (nSPS) is 17.6. The van der Waals surface area contributed by atoms with Crippen molar-refractivity contribution in [2.45, 2.75) is 39.7 Å². The van der Waals surface area contributed by atoms with Crippen molar-refractivity contribution in [2.24, 2.45) is 0 Å². The van der Waals surface area contributed by atoms with E-state index in [9.17, 15) is 9.59 Å². The monoisotopic (exact) mass is 457 g/mol. The van der Waals surface area contributed by atoms with E-state index < -0.39 is 5.60 Å². The summed E-state index contributed by atoms with van der Waals surface area (Å²) in [5.41, 5.74) is 1.94. The summed E-state index contributed by atoms with van der Waals surface area (Å²) >= 11 is -0.332. The van der Waals surface area contributed by atoms with Crippen LogP contribution in [0.25, 0.3) is 0 Å². The van der Waals surface area contributed by atoms with Crippen LogP contribution in [0.5, 0.6) is 0 Å². The third-order valence-electron chi connectivity index (χ3n) is 3.54. The maximum absolute atomic E-state index is 12.4. The van der Waals surface area contributed by atoms with Crippen LogP contribution in [0.2, 0.25) is 0 Å². The second-order valence-electron chi connectivity index (χ2n) is 6.64. The van der Waals surface area contributed by atoms with Gasteiger partial charge in [-0.15, -0.1) is 0 Å². The van der Waals surface area contributed by atoms with Gasteiger partial charge in [0, 0.05) is 12.1 Å². The number of hydrogen-bond donors (Lipinski definition) is 0.